The van der Waals surface area contributed by atoms with Crippen LogP contribution in [0.4, 0.5) is 0 Å². The number of benzene rings is 1. The van der Waals surface area contributed by atoms with Crippen molar-refractivity contribution in [2.24, 2.45) is 4.99 Å². The van der Waals surface area contributed by atoms with Gasteiger partial charge in [0.15, 0.2) is 4.91 Å². The average molecular weight is 321 g/mol. The monoisotopic (exact) mass is 321 g/mol. The van der Waals surface area contributed by atoms with Gasteiger partial charge < -0.3 is 4.74 Å². The number of hydrogen-bond donors (Lipinski definition) is 0. The Morgan fingerprint density at radius 2 is 2.00 bits per heavy atom. The van der Waals surface area contributed by atoms with Gasteiger partial charge in [0.05, 0.1) is 12.0 Å². The van der Waals surface area contributed by atoms with Gasteiger partial charge in [0, 0.05) is 19.2 Å². The van der Waals surface area contributed by atoms with Gasteiger partial charge >= 0.3 is 5.97 Å². The van der Waals surface area contributed by atoms with Crippen LogP contribution < -0.4 is 0 Å². The standard InChI is InChI=1S/C16H19NO4S/c1-3-4-12-17-13-8-11-15(16(18)21-2)22(19,20)14-9-6-5-7-10-14/h3,5-7,9-11,13H,1,4,8,12H2,2H3. The summed E-state index contributed by atoms with van der Waals surface area (Å²) < 4.78 is 29.5. The first-order valence-corrected chi connectivity index (χ1v) is 8.20. The van der Waals surface area contributed by atoms with Gasteiger partial charge in [0.1, 0.15) is 0 Å². The number of aliphatic imine (C=N–C) groups is 1. The molecule has 0 atom stereocenters. The number of carbonyl (C=O) groups is 1. The number of rotatable bonds is 8. The van der Waals surface area contributed by atoms with Crippen LogP contribution in [0.15, 0.2) is 63.9 Å². The van der Waals surface area contributed by atoms with Crippen molar-refractivity contribution in [2.45, 2.75) is 17.7 Å². The lowest BCUT2D eigenvalue weighted by Crippen LogP contribution is -2.15. The Morgan fingerprint density at radius 3 is 2.59 bits per heavy atom. The predicted octanol–water partition coefficient (Wildman–Crippen LogP) is 2.55. The van der Waals surface area contributed by atoms with E-state index in [0.717, 1.165) is 13.5 Å². The summed E-state index contributed by atoms with van der Waals surface area (Å²) in [6.07, 6.45) is 5.59. The molecule has 22 heavy (non-hydrogen) atoms. The minimum atomic E-state index is -3.90. The SMILES string of the molecule is C=CCCN=CCC=C(C(=O)OC)S(=O)(=O)c1ccccc1. The van der Waals surface area contributed by atoms with E-state index < -0.39 is 15.8 Å². The van der Waals surface area contributed by atoms with Crippen LogP contribution in [0.25, 0.3) is 0 Å². The molecule has 0 N–H and O–H groups in total. The van der Waals surface area contributed by atoms with Crippen LogP contribution in [0.5, 0.6) is 0 Å². The van der Waals surface area contributed by atoms with Crippen LogP contribution in [-0.2, 0) is 19.4 Å². The zero-order valence-electron chi connectivity index (χ0n) is 12.4. The highest BCUT2D eigenvalue weighted by atomic mass is 32.2. The summed E-state index contributed by atoms with van der Waals surface area (Å²) in [6.45, 7) is 4.16. The topological polar surface area (TPSA) is 72.8 Å². The molecule has 0 saturated carbocycles. The number of hydrogen-bond acceptors (Lipinski definition) is 5. The molecule has 0 fully saturated rings. The lowest BCUT2D eigenvalue weighted by Gasteiger charge is -2.07. The fraction of sp³-hybridized carbons (Fsp3) is 0.250. The number of methoxy groups -OCH3 is 1. The molecule has 0 spiro atoms. The van der Waals surface area contributed by atoms with Gasteiger partial charge in [0.25, 0.3) is 0 Å². The zero-order valence-corrected chi connectivity index (χ0v) is 13.3. The van der Waals surface area contributed by atoms with Crippen LogP contribution in [0, 0.1) is 0 Å². The summed E-state index contributed by atoms with van der Waals surface area (Å²) in [5.74, 6) is -0.886. The van der Waals surface area contributed by atoms with Crippen molar-refractivity contribution >= 4 is 22.0 Å². The molecule has 0 heterocycles. The first kappa shape index (κ1) is 17.8. The Labute approximate surface area is 130 Å². The van der Waals surface area contributed by atoms with E-state index in [2.05, 4.69) is 16.3 Å². The first-order chi connectivity index (χ1) is 10.5. The van der Waals surface area contributed by atoms with Gasteiger partial charge in [-0.05, 0) is 18.6 Å². The summed E-state index contributed by atoms with van der Waals surface area (Å²) in [5.41, 5.74) is 0. The first-order valence-electron chi connectivity index (χ1n) is 6.71. The number of carbonyl (C=O) groups excluding carboxylic acids is 1. The van der Waals surface area contributed by atoms with Crippen LogP contribution in [0.1, 0.15) is 12.8 Å². The van der Waals surface area contributed by atoms with E-state index in [9.17, 15) is 13.2 Å². The molecule has 0 amide bonds. The molecule has 0 aliphatic heterocycles. The van der Waals surface area contributed by atoms with Crippen molar-refractivity contribution in [2.75, 3.05) is 13.7 Å². The summed E-state index contributed by atoms with van der Waals surface area (Å²) in [4.78, 5) is 15.5. The van der Waals surface area contributed by atoms with Gasteiger partial charge in [-0.2, -0.15) is 0 Å². The molecule has 1 aromatic rings. The highest BCUT2D eigenvalue weighted by Gasteiger charge is 2.27. The van der Waals surface area contributed by atoms with Gasteiger partial charge in [0.2, 0.25) is 9.84 Å². The van der Waals surface area contributed by atoms with E-state index in [1.165, 1.54) is 18.2 Å². The summed E-state index contributed by atoms with van der Waals surface area (Å²) in [6, 6.07) is 7.76. The van der Waals surface area contributed by atoms with Gasteiger partial charge in [-0.25, -0.2) is 13.2 Å². The molecule has 0 radical (unpaired) electrons. The molecule has 0 aliphatic carbocycles. The quantitative estimate of drug-likeness (QED) is 0.242. The Kier molecular flexibility index (Phi) is 7.25. The number of nitrogens with zero attached hydrogens (tertiary/aromatic N) is 1. The van der Waals surface area contributed by atoms with E-state index in [1.807, 2.05) is 0 Å². The molecule has 6 heteroatoms. The van der Waals surface area contributed by atoms with Crippen LogP contribution >= 0.6 is 0 Å². The summed E-state index contributed by atoms with van der Waals surface area (Å²) in [5, 5.41) is 0. The van der Waals surface area contributed by atoms with Crippen molar-refractivity contribution in [3.05, 3.63) is 54.0 Å². The van der Waals surface area contributed by atoms with E-state index in [-0.39, 0.29) is 16.2 Å². The second kappa shape index (κ2) is 8.94. The second-order valence-electron chi connectivity index (χ2n) is 4.28. The fourth-order valence-corrected chi connectivity index (χ4v) is 3.01. The predicted molar refractivity (Wildman–Crippen MR) is 86.5 cm³/mol. The molecule has 118 valence electrons. The van der Waals surface area contributed by atoms with Crippen molar-refractivity contribution in [3.8, 4) is 0 Å². The van der Waals surface area contributed by atoms with Crippen LogP contribution in [0.2, 0.25) is 0 Å². The largest absolute Gasteiger partial charge is 0.465 e. The average Bonchev–Trinajstić information content (AvgIpc) is 2.54. The number of esters is 1. The van der Waals surface area contributed by atoms with Gasteiger partial charge in [-0.3, -0.25) is 4.99 Å². The minimum Gasteiger partial charge on any atom is -0.465 e. The molecule has 0 aromatic heterocycles. The summed E-state index contributed by atoms with van der Waals surface area (Å²) >= 11 is 0. The van der Waals surface area contributed by atoms with E-state index in [1.54, 1.807) is 30.5 Å². The summed E-state index contributed by atoms with van der Waals surface area (Å²) in [7, 11) is -2.75. The van der Waals surface area contributed by atoms with E-state index in [0.29, 0.717) is 6.54 Å². The van der Waals surface area contributed by atoms with E-state index in [4.69, 9.17) is 0 Å². The lowest BCUT2D eigenvalue weighted by molar-refractivity contribution is -0.135. The molecule has 0 bridgehead atoms. The minimum absolute atomic E-state index is 0.0512. The Balaban J connectivity index is 3.01. The normalized spacial score (nSPS) is 12.3. The van der Waals surface area contributed by atoms with Crippen molar-refractivity contribution < 1.29 is 17.9 Å². The second-order valence-corrected chi connectivity index (χ2v) is 6.20. The molecule has 1 rings (SSSR count). The Morgan fingerprint density at radius 1 is 1.32 bits per heavy atom. The molecule has 5 nitrogen and oxygen atoms in total. The van der Waals surface area contributed by atoms with Gasteiger partial charge in [-0.1, -0.05) is 30.4 Å². The fourth-order valence-electron chi connectivity index (χ4n) is 1.62. The number of sulfone groups is 1. The van der Waals surface area contributed by atoms with Crippen LogP contribution in [0.3, 0.4) is 0 Å². The smallest absolute Gasteiger partial charge is 0.349 e. The van der Waals surface area contributed by atoms with Gasteiger partial charge in [-0.15, -0.1) is 6.58 Å². The highest BCUT2D eigenvalue weighted by molar-refractivity contribution is 7.96. The van der Waals surface area contributed by atoms with E-state index >= 15 is 0 Å². The van der Waals surface area contributed by atoms with Crippen LogP contribution in [-0.4, -0.2) is 34.3 Å². The zero-order chi connectivity index (χ0) is 16.4. The molecule has 0 aliphatic rings. The maximum Gasteiger partial charge on any atom is 0.349 e. The van der Waals surface area contributed by atoms with Crippen molar-refractivity contribution in [1.82, 2.24) is 0 Å². The number of ether oxygens (including phenoxy) is 1. The third kappa shape index (κ3) is 4.96. The lowest BCUT2D eigenvalue weighted by atomic mass is 10.4. The Bertz CT molecular complexity index is 661. The maximum absolute atomic E-state index is 12.5. The maximum atomic E-state index is 12.5. The third-order valence-electron chi connectivity index (χ3n) is 2.73. The molecule has 0 unspecified atom stereocenters. The Hall–Kier alpha value is -2.21. The van der Waals surface area contributed by atoms with Crippen molar-refractivity contribution in [1.29, 1.82) is 0 Å². The molecular formula is C16H19NO4S. The molecule has 0 saturated heterocycles. The molecular weight excluding hydrogens is 302 g/mol. The number of allylic oxidation sites excluding steroid dienone is 1. The third-order valence-corrected chi connectivity index (χ3v) is 4.53. The van der Waals surface area contributed by atoms with Crippen molar-refractivity contribution in [3.63, 3.8) is 0 Å². The highest BCUT2D eigenvalue weighted by Crippen LogP contribution is 2.20. The molecule has 1 aromatic carbocycles.